The summed E-state index contributed by atoms with van der Waals surface area (Å²) < 4.78 is 16.3. The van der Waals surface area contributed by atoms with Gasteiger partial charge in [-0.15, -0.1) is 0 Å². The van der Waals surface area contributed by atoms with Crippen LogP contribution in [0.2, 0.25) is 0 Å². The van der Waals surface area contributed by atoms with E-state index in [2.05, 4.69) is 25.7 Å². The Kier molecular flexibility index (Phi) is 5.25. The largest absolute Gasteiger partial charge is 0.365 e. The molecule has 1 aliphatic rings. The van der Waals surface area contributed by atoms with Gasteiger partial charge in [0, 0.05) is 24.5 Å². The first-order valence-corrected chi connectivity index (χ1v) is 9.92. The number of nitrogens with zero attached hydrogens (tertiary/aromatic N) is 4. The van der Waals surface area contributed by atoms with Gasteiger partial charge in [0.25, 0.3) is 5.91 Å². The molecule has 1 saturated carbocycles. The molecule has 0 bridgehead atoms. The molecule has 0 aromatic carbocycles. The van der Waals surface area contributed by atoms with Crippen molar-refractivity contribution in [3.63, 3.8) is 0 Å². The van der Waals surface area contributed by atoms with Crippen LogP contribution in [0.1, 0.15) is 41.7 Å². The van der Waals surface area contributed by atoms with Crippen molar-refractivity contribution in [1.82, 2.24) is 19.7 Å². The van der Waals surface area contributed by atoms with Crippen LogP contribution >= 0.6 is 0 Å². The molecular weight excluding hydrogens is 387 g/mol. The smallest absolute Gasteiger partial charge is 0.252 e. The summed E-state index contributed by atoms with van der Waals surface area (Å²) in [7, 11) is 1.82. The molecule has 1 aliphatic carbocycles. The Morgan fingerprint density at radius 2 is 2.03 bits per heavy atom. The van der Waals surface area contributed by atoms with Gasteiger partial charge in [0.05, 0.1) is 23.1 Å². The second-order valence-electron chi connectivity index (χ2n) is 7.71. The summed E-state index contributed by atoms with van der Waals surface area (Å²) in [6.45, 7) is 1.88. The maximum absolute atomic E-state index is 14.7. The quantitative estimate of drug-likeness (QED) is 0.505. The van der Waals surface area contributed by atoms with Crippen LogP contribution in [0.25, 0.3) is 11.0 Å². The molecule has 10 heteroatoms. The van der Waals surface area contributed by atoms with Crippen molar-refractivity contribution in [2.45, 2.75) is 44.7 Å². The van der Waals surface area contributed by atoms with Crippen molar-refractivity contribution in [3.05, 3.63) is 35.4 Å². The fourth-order valence-electron chi connectivity index (χ4n) is 3.90. The number of aryl methyl sites for hydroxylation is 2. The van der Waals surface area contributed by atoms with E-state index in [0.29, 0.717) is 5.69 Å². The SMILES string of the molecule is Cc1nn(C)c2ncc(Nc3nc(NC4CCCCC4N)c(F)cc3C(N)=O)cc12. The molecule has 2 unspecified atom stereocenters. The first kappa shape index (κ1) is 20.0. The number of anilines is 3. The number of aromatic nitrogens is 4. The van der Waals surface area contributed by atoms with Crippen molar-refractivity contribution in [1.29, 1.82) is 0 Å². The third kappa shape index (κ3) is 3.78. The van der Waals surface area contributed by atoms with Crippen LogP contribution in [-0.2, 0) is 7.05 Å². The number of carbonyl (C=O) groups excluding carboxylic acids is 1. The second-order valence-corrected chi connectivity index (χ2v) is 7.71. The highest BCUT2D eigenvalue weighted by Gasteiger charge is 2.24. The zero-order valence-electron chi connectivity index (χ0n) is 16.9. The Morgan fingerprint density at radius 1 is 1.27 bits per heavy atom. The fraction of sp³-hybridized carbons (Fsp3) is 0.400. The van der Waals surface area contributed by atoms with Crippen LogP contribution in [0.4, 0.5) is 21.7 Å². The molecule has 30 heavy (non-hydrogen) atoms. The third-order valence-electron chi connectivity index (χ3n) is 5.51. The van der Waals surface area contributed by atoms with Gasteiger partial charge in [-0.3, -0.25) is 9.48 Å². The molecule has 0 aliphatic heterocycles. The molecule has 0 radical (unpaired) electrons. The lowest BCUT2D eigenvalue weighted by Crippen LogP contribution is -2.43. The molecule has 3 heterocycles. The van der Waals surface area contributed by atoms with Crippen molar-refractivity contribution in [2.24, 2.45) is 18.5 Å². The van der Waals surface area contributed by atoms with E-state index in [0.717, 1.165) is 48.5 Å². The van der Waals surface area contributed by atoms with Crippen LogP contribution in [0, 0.1) is 12.7 Å². The topological polar surface area (TPSA) is 137 Å². The fourth-order valence-corrected chi connectivity index (χ4v) is 3.90. The Hall–Kier alpha value is -3.27. The molecule has 9 nitrogen and oxygen atoms in total. The summed E-state index contributed by atoms with van der Waals surface area (Å²) >= 11 is 0. The Labute approximate surface area is 173 Å². The third-order valence-corrected chi connectivity index (χ3v) is 5.51. The Bertz CT molecular complexity index is 1110. The van der Waals surface area contributed by atoms with E-state index in [1.165, 1.54) is 0 Å². The van der Waals surface area contributed by atoms with Crippen LogP contribution in [-0.4, -0.2) is 37.7 Å². The van der Waals surface area contributed by atoms with E-state index in [4.69, 9.17) is 11.5 Å². The van der Waals surface area contributed by atoms with E-state index in [-0.39, 0.29) is 29.3 Å². The first-order valence-electron chi connectivity index (χ1n) is 9.92. The summed E-state index contributed by atoms with van der Waals surface area (Å²) in [6.07, 6.45) is 5.40. The molecular formula is C20H25FN8O. The van der Waals surface area contributed by atoms with Gasteiger partial charge < -0.3 is 22.1 Å². The van der Waals surface area contributed by atoms with E-state index < -0.39 is 11.7 Å². The molecule has 3 aromatic heterocycles. The molecule has 2 atom stereocenters. The number of pyridine rings is 2. The Morgan fingerprint density at radius 3 is 2.77 bits per heavy atom. The van der Waals surface area contributed by atoms with Crippen molar-refractivity contribution >= 4 is 34.3 Å². The monoisotopic (exact) mass is 412 g/mol. The molecule has 1 amide bonds. The summed E-state index contributed by atoms with van der Waals surface area (Å²) in [6, 6.07) is 2.79. The average molecular weight is 412 g/mol. The molecule has 1 fully saturated rings. The van der Waals surface area contributed by atoms with Gasteiger partial charge in [-0.1, -0.05) is 12.8 Å². The minimum absolute atomic E-state index is 0.0384. The van der Waals surface area contributed by atoms with Crippen molar-refractivity contribution < 1.29 is 9.18 Å². The summed E-state index contributed by atoms with van der Waals surface area (Å²) in [5.74, 6) is -1.24. The highest BCUT2D eigenvalue weighted by Crippen LogP contribution is 2.28. The highest BCUT2D eigenvalue weighted by molar-refractivity contribution is 5.98. The number of fused-ring (bicyclic) bond motifs is 1. The van der Waals surface area contributed by atoms with E-state index in [9.17, 15) is 9.18 Å². The number of primary amides is 1. The minimum Gasteiger partial charge on any atom is -0.365 e. The molecule has 0 saturated heterocycles. The maximum atomic E-state index is 14.7. The number of nitrogens with two attached hydrogens (primary N) is 2. The van der Waals surface area contributed by atoms with Gasteiger partial charge in [0.2, 0.25) is 0 Å². The first-order chi connectivity index (χ1) is 14.3. The zero-order valence-corrected chi connectivity index (χ0v) is 16.9. The van der Waals surface area contributed by atoms with Crippen LogP contribution in [0.5, 0.6) is 0 Å². The highest BCUT2D eigenvalue weighted by atomic mass is 19.1. The summed E-state index contributed by atoms with van der Waals surface area (Å²) in [5.41, 5.74) is 13.7. The number of hydrogen-bond acceptors (Lipinski definition) is 7. The van der Waals surface area contributed by atoms with Gasteiger partial charge in [0.1, 0.15) is 5.82 Å². The predicted octanol–water partition coefficient (Wildman–Crippen LogP) is 2.34. The molecule has 158 valence electrons. The lowest BCUT2D eigenvalue weighted by Gasteiger charge is -2.30. The normalized spacial score (nSPS) is 19.1. The van der Waals surface area contributed by atoms with Gasteiger partial charge in [-0.05, 0) is 31.9 Å². The van der Waals surface area contributed by atoms with Crippen LogP contribution < -0.4 is 22.1 Å². The van der Waals surface area contributed by atoms with Gasteiger partial charge in [-0.25, -0.2) is 14.4 Å². The van der Waals surface area contributed by atoms with Crippen LogP contribution in [0.3, 0.4) is 0 Å². The van der Waals surface area contributed by atoms with Gasteiger partial charge in [-0.2, -0.15) is 5.10 Å². The molecule has 6 N–H and O–H groups in total. The standard InChI is InChI=1S/C20H25FN8O/c1-10-12-7-11(9-24-20(12)29(2)28-10)25-18-13(17(23)30)8-14(21)19(27-18)26-16-6-4-3-5-15(16)22/h7-9,15-16H,3-6,22H2,1-2H3,(H2,23,30)(H2,25,26,27). The van der Waals surface area contributed by atoms with Crippen molar-refractivity contribution in [3.8, 4) is 0 Å². The summed E-state index contributed by atoms with van der Waals surface area (Å²) in [4.78, 5) is 20.6. The predicted molar refractivity (Wildman–Crippen MR) is 113 cm³/mol. The molecule has 0 spiro atoms. The maximum Gasteiger partial charge on any atom is 0.252 e. The van der Waals surface area contributed by atoms with E-state index >= 15 is 0 Å². The lowest BCUT2D eigenvalue weighted by atomic mass is 9.91. The number of nitrogens with one attached hydrogen (secondary N) is 2. The summed E-state index contributed by atoms with van der Waals surface area (Å²) in [5, 5.41) is 11.4. The second kappa shape index (κ2) is 7.86. The number of halogens is 1. The lowest BCUT2D eigenvalue weighted by molar-refractivity contribution is 0.100. The van der Waals surface area contributed by atoms with E-state index in [1.54, 1.807) is 10.9 Å². The Balaban J connectivity index is 1.68. The van der Waals surface area contributed by atoms with Crippen LogP contribution in [0.15, 0.2) is 18.3 Å². The average Bonchev–Trinajstić information content (AvgIpc) is 2.99. The number of rotatable bonds is 5. The van der Waals surface area contributed by atoms with Crippen molar-refractivity contribution in [2.75, 3.05) is 10.6 Å². The molecule has 4 rings (SSSR count). The van der Waals surface area contributed by atoms with Gasteiger partial charge >= 0.3 is 0 Å². The number of amides is 1. The zero-order chi connectivity index (χ0) is 21.4. The number of hydrogen-bond donors (Lipinski definition) is 4. The van der Waals surface area contributed by atoms with Gasteiger partial charge in [0.15, 0.2) is 17.3 Å². The minimum atomic E-state index is -0.781. The molecule has 3 aromatic rings. The van der Waals surface area contributed by atoms with E-state index in [1.807, 2.05) is 20.0 Å². The number of carbonyl (C=O) groups is 1.